The van der Waals surface area contributed by atoms with Gasteiger partial charge in [0.05, 0.1) is 22.0 Å². The molecule has 4 aromatic carbocycles. The lowest BCUT2D eigenvalue weighted by molar-refractivity contribution is -0.118. The summed E-state index contributed by atoms with van der Waals surface area (Å²) in [7, 11) is 0. The number of hydrazone groups is 1. The lowest BCUT2D eigenvalue weighted by Crippen LogP contribution is -2.20. The molecule has 1 aromatic heterocycles. The number of carbonyl (C=O) groups excluding carboxylic acids is 2. The van der Waals surface area contributed by atoms with Crippen molar-refractivity contribution in [3.63, 3.8) is 0 Å². The van der Waals surface area contributed by atoms with E-state index >= 15 is 0 Å². The Kier molecular flexibility index (Phi) is 9.68. The van der Waals surface area contributed by atoms with Crippen LogP contribution in [-0.2, 0) is 4.79 Å². The largest absolute Gasteiger partial charge is 0.481 e. The van der Waals surface area contributed by atoms with E-state index in [1.807, 2.05) is 73.0 Å². The van der Waals surface area contributed by atoms with Crippen molar-refractivity contribution < 1.29 is 14.3 Å². The van der Waals surface area contributed by atoms with Gasteiger partial charge in [-0.2, -0.15) is 5.10 Å². The van der Waals surface area contributed by atoms with E-state index in [9.17, 15) is 9.59 Å². The van der Waals surface area contributed by atoms with Crippen LogP contribution in [0, 0.1) is 6.92 Å². The SMILES string of the molecule is Cc1cccc(NC(=O)COc2c(Cl)cc(/C=N/NC(=O)c3ccc(-c4csc(Nc5ccccc5)n4)cc3)cc2Cl)c1. The lowest BCUT2D eigenvalue weighted by atomic mass is 10.1. The molecule has 216 valence electrons. The Morgan fingerprint density at radius 2 is 1.65 bits per heavy atom. The van der Waals surface area contributed by atoms with E-state index in [2.05, 4.69) is 26.1 Å². The third-order valence-electron chi connectivity index (χ3n) is 6.02. The molecule has 0 aliphatic carbocycles. The summed E-state index contributed by atoms with van der Waals surface area (Å²) in [5.74, 6) is -0.563. The maximum atomic E-state index is 12.6. The quantitative estimate of drug-likeness (QED) is 0.107. The molecule has 0 saturated heterocycles. The van der Waals surface area contributed by atoms with Crippen LogP contribution in [0.15, 0.2) is 101 Å². The van der Waals surface area contributed by atoms with Gasteiger partial charge in [0, 0.05) is 27.9 Å². The molecule has 0 spiro atoms. The molecule has 0 radical (unpaired) electrons. The summed E-state index contributed by atoms with van der Waals surface area (Å²) in [4.78, 5) is 29.5. The monoisotopic (exact) mass is 629 g/mol. The number of benzene rings is 4. The fourth-order valence-corrected chi connectivity index (χ4v) is 5.33. The molecule has 0 unspecified atom stereocenters. The Balaban J connectivity index is 1.14. The number of para-hydroxylation sites is 1. The third kappa shape index (κ3) is 8.20. The average Bonchev–Trinajstić information content (AvgIpc) is 3.46. The number of thiazole rings is 1. The van der Waals surface area contributed by atoms with Crippen molar-refractivity contribution in [1.29, 1.82) is 0 Å². The smallest absolute Gasteiger partial charge is 0.271 e. The summed E-state index contributed by atoms with van der Waals surface area (Å²) < 4.78 is 5.56. The number of hydrogen-bond donors (Lipinski definition) is 3. The highest BCUT2D eigenvalue weighted by Crippen LogP contribution is 2.34. The van der Waals surface area contributed by atoms with E-state index in [-0.39, 0.29) is 34.2 Å². The molecule has 5 aromatic rings. The molecule has 0 bridgehead atoms. The van der Waals surface area contributed by atoms with Crippen LogP contribution < -0.4 is 20.8 Å². The van der Waals surface area contributed by atoms with E-state index in [0.29, 0.717) is 16.8 Å². The van der Waals surface area contributed by atoms with Gasteiger partial charge in [-0.3, -0.25) is 9.59 Å². The van der Waals surface area contributed by atoms with Crippen LogP contribution in [0.3, 0.4) is 0 Å². The maximum absolute atomic E-state index is 12.6. The van der Waals surface area contributed by atoms with E-state index in [0.717, 1.165) is 27.6 Å². The number of halogens is 2. The van der Waals surface area contributed by atoms with Crippen LogP contribution in [0.4, 0.5) is 16.5 Å². The summed E-state index contributed by atoms with van der Waals surface area (Å²) in [6, 6.07) is 27.5. The predicted octanol–water partition coefficient (Wildman–Crippen LogP) is 7.95. The zero-order valence-corrected chi connectivity index (χ0v) is 25.1. The van der Waals surface area contributed by atoms with Crippen molar-refractivity contribution in [2.75, 3.05) is 17.2 Å². The predicted molar refractivity (Wildman–Crippen MR) is 174 cm³/mol. The summed E-state index contributed by atoms with van der Waals surface area (Å²) in [5.41, 5.74) is 7.81. The molecule has 0 saturated carbocycles. The van der Waals surface area contributed by atoms with Gasteiger partial charge in [0.25, 0.3) is 11.8 Å². The first-order valence-corrected chi connectivity index (χ1v) is 14.7. The van der Waals surface area contributed by atoms with Crippen molar-refractivity contribution in [3.8, 4) is 17.0 Å². The van der Waals surface area contributed by atoms with Gasteiger partial charge in [-0.05, 0) is 66.6 Å². The topological polar surface area (TPSA) is 105 Å². The summed E-state index contributed by atoms with van der Waals surface area (Å²) in [6.45, 7) is 1.66. The molecular weight excluding hydrogens is 605 g/mol. The number of rotatable bonds is 10. The highest BCUT2D eigenvalue weighted by Gasteiger charge is 2.13. The minimum atomic E-state index is -0.385. The van der Waals surface area contributed by atoms with Crippen LogP contribution in [0.2, 0.25) is 10.0 Å². The molecule has 43 heavy (non-hydrogen) atoms. The molecule has 5 rings (SSSR count). The molecule has 0 aliphatic heterocycles. The van der Waals surface area contributed by atoms with Crippen LogP contribution >= 0.6 is 34.5 Å². The molecule has 8 nitrogen and oxygen atoms in total. The van der Waals surface area contributed by atoms with E-state index in [1.165, 1.54) is 17.6 Å². The first-order valence-electron chi connectivity index (χ1n) is 13.0. The van der Waals surface area contributed by atoms with Gasteiger partial charge < -0.3 is 15.4 Å². The molecule has 0 atom stereocenters. The summed E-state index contributed by atoms with van der Waals surface area (Å²) >= 11 is 14.2. The summed E-state index contributed by atoms with van der Waals surface area (Å²) in [6.07, 6.45) is 1.41. The number of nitrogens with zero attached hydrogens (tertiary/aromatic N) is 2. The second-order valence-corrected chi connectivity index (χ2v) is 11.0. The van der Waals surface area contributed by atoms with Crippen molar-refractivity contribution in [3.05, 3.63) is 123 Å². The molecule has 0 fully saturated rings. The van der Waals surface area contributed by atoms with Crippen molar-refractivity contribution in [2.24, 2.45) is 5.10 Å². The Labute approximate surface area is 262 Å². The number of aromatic nitrogens is 1. The molecule has 2 amide bonds. The van der Waals surface area contributed by atoms with E-state index in [4.69, 9.17) is 27.9 Å². The van der Waals surface area contributed by atoms with Crippen LogP contribution in [0.1, 0.15) is 21.5 Å². The van der Waals surface area contributed by atoms with Gasteiger partial charge in [-0.1, -0.05) is 65.7 Å². The van der Waals surface area contributed by atoms with Crippen LogP contribution in [0.5, 0.6) is 5.75 Å². The third-order valence-corrected chi connectivity index (χ3v) is 7.34. The number of carbonyl (C=O) groups is 2. The maximum Gasteiger partial charge on any atom is 0.271 e. The fraction of sp³-hybridized carbons (Fsp3) is 0.0625. The molecule has 0 aliphatic rings. The molecule has 3 N–H and O–H groups in total. The lowest BCUT2D eigenvalue weighted by Gasteiger charge is -2.11. The minimum Gasteiger partial charge on any atom is -0.481 e. The van der Waals surface area contributed by atoms with Gasteiger partial charge >= 0.3 is 0 Å². The molecule has 11 heteroatoms. The Morgan fingerprint density at radius 1 is 0.930 bits per heavy atom. The van der Waals surface area contributed by atoms with Gasteiger partial charge in [-0.15, -0.1) is 11.3 Å². The van der Waals surface area contributed by atoms with Crippen molar-refractivity contribution in [2.45, 2.75) is 6.92 Å². The number of amides is 2. The first kappa shape index (κ1) is 29.8. The Bertz CT molecular complexity index is 1750. The normalized spacial score (nSPS) is 10.9. The van der Waals surface area contributed by atoms with Crippen LogP contribution in [0.25, 0.3) is 11.3 Å². The second kappa shape index (κ2) is 14.0. The first-order chi connectivity index (χ1) is 20.8. The Morgan fingerprint density at radius 3 is 2.37 bits per heavy atom. The van der Waals surface area contributed by atoms with E-state index < -0.39 is 0 Å². The highest BCUT2D eigenvalue weighted by molar-refractivity contribution is 7.14. The number of anilines is 3. The van der Waals surface area contributed by atoms with Crippen molar-refractivity contribution >= 4 is 69.1 Å². The van der Waals surface area contributed by atoms with Gasteiger partial charge in [0.1, 0.15) is 0 Å². The number of ether oxygens (including phenoxy) is 1. The second-order valence-electron chi connectivity index (χ2n) is 9.33. The van der Waals surface area contributed by atoms with Gasteiger partial charge in [-0.25, -0.2) is 10.4 Å². The average molecular weight is 631 g/mol. The van der Waals surface area contributed by atoms with Crippen molar-refractivity contribution in [1.82, 2.24) is 10.4 Å². The summed E-state index contributed by atoms with van der Waals surface area (Å²) in [5, 5.41) is 13.2. The fourth-order valence-electron chi connectivity index (χ4n) is 3.98. The zero-order valence-electron chi connectivity index (χ0n) is 22.8. The number of nitrogens with one attached hydrogen (secondary N) is 3. The van der Waals surface area contributed by atoms with Crippen LogP contribution in [-0.4, -0.2) is 29.6 Å². The Hall–Kier alpha value is -4.70. The number of hydrogen-bond acceptors (Lipinski definition) is 7. The van der Waals surface area contributed by atoms with Gasteiger partial charge in [0.2, 0.25) is 0 Å². The van der Waals surface area contributed by atoms with E-state index in [1.54, 1.807) is 30.3 Å². The molecule has 1 heterocycles. The zero-order chi connectivity index (χ0) is 30.2. The minimum absolute atomic E-state index is 0.173. The number of aryl methyl sites for hydroxylation is 1. The highest BCUT2D eigenvalue weighted by atomic mass is 35.5. The van der Waals surface area contributed by atoms with Gasteiger partial charge in [0.15, 0.2) is 17.5 Å². The molecular formula is C32H25Cl2N5O3S. The standard InChI is InChI=1S/C32H25Cl2N5O3S/c1-20-6-5-9-25(14-20)36-29(40)18-42-30-26(33)15-21(16-27(30)34)17-35-39-31(41)23-12-10-22(11-13-23)28-19-43-32(38-28)37-24-7-3-2-4-8-24/h2-17,19H,18H2,1H3,(H,36,40)(H,37,38)(H,39,41)/b35-17+.